The molecule has 0 aliphatic heterocycles. The first-order valence-corrected chi connectivity index (χ1v) is 5.98. The Morgan fingerprint density at radius 3 is 2.54 bits per heavy atom. The molecule has 1 fully saturated rings. The third kappa shape index (κ3) is 4.12. The first-order chi connectivity index (χ1) is 6.22. The molecule has 0 aromatic heterocycles. The Kier molecular flexibility index (Phi) is 4.79. The highest BCUT2D eigenvalue weighted by Crippen LogP contribution is 2.30. The molecule has 1 aliphatic carbocycles. The van der Waals surface area contributed by atoms with Gasteiger partial charge >= 0.3 is 0 Å². The summed E-state index contributed by atoms with van der Waals surface area (Å²) in [4.78, 5) is 0. The van der Waals surface area contributed by atoms with Gasteiger partial charge in [0.2, 0.25) is 0 Å². The van der Waals surface area contributed by atoms with E-state index in [2.05, 4.69) is 13.8 Å². The molecule has 0 radical (unpaired) electrons. The lowest BCUT2D eigenvalue weighted by atomic mass is 9.77. The van der Waals surface area contributed by atoms with E-state index in [1.54, 1.807) is 0 Å². The Morgan fingerprint density at radius 2 is 2.00 bits per heavy atom. The van der Waals surface area contributed by atoms with Crippen LogP contribution in [-0.2, 0) is 0 Å². The van der Waals surface area contributed by atoms with Crippen LogP contribution in [0.3, 0.4) is 0 Å². The number of hydrogen-bond donors (Lipinski definition) is 1. The van der Waals surface area contributed by atoms with Crippen LogP contribution < -0.4 is 5.73 Å². The van der Waals surface area contributed by atoms with E-state index in [4.69, 9.17) is 5.73 Å². The Morgan fingerprint density at radius 1 is 1.31 bits per heavy atom. The van der Waals surface area contributed by atoms with Crippen molar-refractivity contribution in [3.05, 3.63) is 0 Å². The van der Waals surface area contributed by atoms with Crippen LogP contribution in [0.15, 0.2) is 0 Å². The molecule has 1 heteroatoms. The van der Waals surface area contributed by atoms with Crippen LogP contribution in [0.2, 0.25) is 0 Å². The lowest BCUT2D eigenvalue weighted by Gasteiger charge is -2.32. The average molecular weight is 183 g/mol. The monoisotopic (exact) mass is 183 g/mol. The molecule has 0 bridgehead atoms. The first-order valence-electron chi connectivity index (χ1n) is 5.98. The summed E-state index contributed by atoms with van der Waals surface area (Å²) in [5.41, 5.74) is 5.75. The number of hydrogen-bond acceptors (Lipinski definition) is 1. The van der Waals surface area contributed by atoms with Gasteiger partial charge in [-0.05, 0) is 24.7 Å². The van der Waals surface area contributed by atoms with Gasteiger partial charge in [-0.1, -0.05) is 46.0 Å². The Bertz CT molecular complexity index is 122. The minimum absolute atomic E-state index is 0.540. The second kappa shape index (κ2) is 5.64. The number of rotatable bonds is 6. The van der Waals surface area contributed by atoms with E-state index in [0.717, 1.165) is 11.8 Å². The molecular formula is C12H25N. The molecule has 1 aliphatic rings. The van der Waals surface area contributed by atoms with Crippen LogP contribution in [0.1, 0.15) is 58.8 Å². The van der Waals surface area contributed by atoms with Gasteiger partial charge in [0.25, 0.3) is 0 Å². The van der Waals surface area contributed by atoms with Crippen LogP contribution in [0.25, 0.3) is 0 Å². The summed E-state index contributed by atoms with van der Waals surface area (Å²) in [7, 11) is 0. The highest BCUT2D eigenvalue weighted by Gasteiger charge is 2.24. The van der Waals surface area contributed by atoms with Crippen molar-refractivity contribution < 1.29 is 0 Å². The van der Waals surface area contributed by atoms with Crippen LogP contribution in [0.4, 0.5) is 0 Å². The van der Waals surface area contributed by atoms with Gasteiger partial charge in [0.1, 0.15) is 0 Å². The van der Waals surface area contributed by atoms with Crippen LogP contribution in [0.5, 0.6) is 0 Å². The van der Waals surface area contributed by atoms with Crippen molar-refractivity contribution in [3.8, 4) is 0 Å². The van der Waals surface area contributed by atoms with Crippen molar-refractivity contribution in [1.29, 1.82) is 0 Å². The highest BCUT2D eigenvalue weighted by atomic mass is 14.7. The van der Waals surface area contributed by atoms with Crippen molar-refractivity contribution >= 4 is 0 Å². The Hall–Kier alpha value is -0.0400. The second-order valence-corrected chi connectivity index (χ2v) is 4.92. The fourth-order valence-corrected chi connectivity index (χ4v) is 2.42. The maximum atomic E-state index is 5.75. The van der Waals surface area contributed by atoms with Crippen LogP contribution in [-0.4, -0.2) is 6.04 Å². The second-order valence-electron chi connectivity index (χ2n) is 4.92. The maximum absolute atomic E-state index is 5.75. The predicted octanol–water partition coefficient (Wildman–Crippen LogP) is 3.33. The molecule has 0 saturated heterocycles. The van der Waals surface area contributed by atoms with Crippen molar-refractivity contribution in [2.75, 3.05) is 0 Å². The molecule has 0 heterocycles. The molecular weight excluding hydrogens is 158 g/mol. The summed E-state index contributed by atoms with van der Waals surface area (Å²) < 4.78 is 0. The first kappa shape index (κ1) is 11.0. The van der Waals surface area contributed by atoms with Gasteiger partial charge in [-0.3, -0.25) is 0 Å². The van der Waals surface area contributed by atoms with E-state index in [-0.39, 0.29) is 0 Å². The lowest BCUT2D eigenvalue weighted by Crippen LogP contribution is -2.36. The summed E-state index contributed by atoms with van der Waals surface area (Å²) >= 11 is 0. The van der Waals surface area contributed by atoms with Crippen molar-refractivity contribution in [3.63, 3.8) is 0 Å². The quantitative estimate of drug-likeness (QED) is 0.671. The van der Waals surface area contributed by atoms with Gasteiger partial charge in [0.15, 0.2) is 0 Å². The Balaban J connectivity index is 1.89. The maximum Gasteiger partial charge on any atom is 0.00441 e. The molecule has 0 amide bonds. The summed E-state index contributed by atoms with van der Waals surface area (Å²) in [6.07, 6.45) is 9.63. The van der Waals surface area contributed by atoms with Gasteiger partial charge in [-0.25, -0.2) is 0 Å². The molecule has 1 unspecified atom stereocenters. The van der Waals surface area contributed by atoms with E-state index in [1.165, 1.54) is 44.9 Å². The molecule has 0 spiro atoms. The van der Waals surface area contributed by atoms with E-state index in [0.29, 0.717) is 6.04 Å². The molecule has 0 aromatic rings. The molecule has 1 rings (SSSR count). The van der Waals surface area contributed by atoms with E-state index in [9.17, 15) is 0 Å². The molecule has 1 saturated carbocycles. The standard InChI is InChI=1S/C12H25N/c1-3-5-10(2)6-4-7-11-8-12(13)9-11/h10-12H,3-9,13H2,1-2H3. The average Bonchev–Trinajstić information content (AvgIpc) is 2.01. The van der Waals surface area contributed by atoms with Crippen LogP contribution >= 0.6 is 0 Å². The zero-order valence-electron chi connectivity index (χ0n) is 9.26. The number of nitrogens with two attached hydrogens (primary N) is 1. The van der Waals surface area contributed by atoms with Crippen LogP contribution in [0, 0.1) is 11.8 Å². The highest BCUT2D eigenvalue weighted by molar-refractivity contribution is 4.81. The van der Waals surface area contributed by atoms with Crippen molar-refractivity contribution in [1.82, 2.24) is 0 Å². The lowest BCUT2D eigenvalue weighted by molar-refractivity contribution is 0.239. The van der Waals surface area contributed by atoms with E-state index in [1.807, 2.05) is 0 Å². The third-order valence-electron chi connectivity index (χ3n) is 3.36. The Labute approximate surface area is 83.1 Å². The van der Waals surface area contributed by atoms with Gasteiger partial charge in [-0.15, -0.1) is 0 Å². The minimum atomic E-state index is 0.540. The SMILES string of the molecule is CCCC(C)CCCC1CC(N)C1. The van der Waals surface area contributed by atoms with Gasteiger partial charge in [-0.2, -0.15) is 0 Å². The normalized spacial score (nSPS) is 29.8. The molecule has 1 nitrogen and oxygen atoms in total. The molecule has 13 heavy (non-hydrogen) atoms. The molecule has 2 N–H and O–H groups in total. The fraction of sp³-hybridized carbons (Fsp3) is 1.00. The van der Waals surface area contributed by atoms with E-state index < -0.39 is 0 Å². The van der Waals surface area contributed by atoms with Crippen molar-refractivity contribution in [2.45, 2.75) is 64.8 Å². The molecule has 0 aromatic carbocycles. The summed E-state index contributed by atoms with van der Waals surface area (Å²) in [5, 5.41) is 0. The smallest absolute Gasteiger partial charge is 0.00441 e. The van der Waals surface area contributed by atoms with Gasteiger partial charge in [0.05, 0.1) is 0 Å². The van der Waals surface area contributed by atoms with E-state index >= 15 is 0 Å². The third-order valence-corrected chi connectivity index (χ3v) is 3.36. The summed E-state index contributed by atoms with van der Waals surface area (Å²) in [6.45, 7) is 4.66. The summed E-state index contributed by atoms with van der Waals surface area (Å²) in [5.74, 6) is 1.92. The zero-order valence-corrected chi connectivity index (χ0v) is 9.26. The minimum Gasteiger partial charge on any atom is -0.328 e. The predicted molar refractivity (Wildman–Crippen MR) is 58.6 cm³/mol. The molecule has 78 valence electrons. The summed E-state index contributed by atoms with van der Waals surface area (Å²) in [6, 6.07) is 0.540. The topological polar surface area (TPSA) is 26.0 Å². The van der Waals surface area contributed by atoms with Gasteiger partial charge < -0.3 is 5.73 Å². The van der Waals surface area contributed by atoms with Gasteiger partial charge in [0, 0.05) is 6.04 Å². The zero-order chi connectivity index (χ0) is 9.68. The van der Waals surface area contributed by atoms with Crippen molar-refractivity contribution in [2.24, 2.45) is 17.6 Å². The largest absolute Gasteiger partial charge is 0.328 e. The fourth-order valence-electron chi connectivity index (χ4n) is 2.42. The molecule has 1 atom stereocenters.